The summed E-state index contributed by atoms with van der Waals surface area (Å²) in [6.07, 6.45) is 0.466. The van der Waals surface area contributed by atoms with Crippen molar-refractivity contribution in [2.24, 2.45) is 0 Å². The predicted octanol–water partition coefficient (Wildman–Crippen LogP) is 4.33. The maximum absolute atomic E-state index is 13.9. The number of carboxylic acid groups (broad SMARTS) is 1. The number of pyridine rings is 1. The van der Waals surface area contributed by atoms with Gasteiger partial charge in [-0.05, 0) is 54.8 Å². The van der Waals surface area contributed by atoms with Gasteiger partial charge in [0.25, 0.3) is 0 Å². The second kappa shape index (κ2) is 7.99. The number of benzene rings is 2. The number of para-hydroxylation sites is 1. The number of carboxylic acids is 1. The SMILES string of the molecule is C/C(NCC(=O)O)=C(\Cc1ccc2ccccc2n1)c1cc(F)ccc1C. The Kier molecular flexibility index (Phi) is 5.50. The number of fused-ring (bicyclic) bond motifs is 1. The number of carbonyl (C=O) groups is 1. The van der Waals surface area contributed by atoms with E-state index in [1.54, 1.807) is 6.07 Å². The number of nitrogens with one attached hydrogen (secondary N) is 1. The normalized spacial score (nSPS) is 12.0. The highest BCUT2D eigenvalue weighted by Gasteiger charge is 2.13. The van der Waals surface area contributed by atoms with Gasteiger partial charge in [-0.3, -0.25) is 9.78 Å². The molecule has 0 saturated carbocycles. The van der Waals surface area contributed by atoms with Crippen molar-refractivity contribution in [1.29, 1.82) is 0 Å². The standard InChI is InChI=1S/C22H21FN2O2/c1-14-7-9-17(23)11-19(14)20(15(2)24-13-22(26)27)12-18-10-8-16-5-3-4-6-21(16)25-18/h3-11,24H,12-13H2,1-2H3,(H,26,27)/b20-15-. The van der Waals surface area contributed by atoms with Crippen LogP contribution in [0.5, 0.6) is 0 Å². The van der Waals surface area contributed by atoms with E-state index in [-0.39, 0.29) is 12.4 Å². The summed E-state index contributed by atoms with van der Waals surface area (Å²) in [5, 5.41) is 12.9. The zero-order valence-corrected chi connectivity index (χ0v) is 15.3. The number of rotatable bonds is 6. The second-order valence-corrected chi connectivity index (χ2v) is 6.48. The van der Waals surface area contributed by atoms with Crippen LogP contribution in [0.25, 0.3) is 16.5 Å². The van der Waals surface area contributed by atoms with Gasteiger partial charge in [0.1, 0.15) is 12.4 Å². The molecule has 0 bridgehead atoms. The smallest absolute Gasteiger partial charge is 0.322 e. The average Bonchev–Trinajstić information content (AvgIpc) is 2.66. The summed E-state index contributed by atoms with van der Waals surface area (Å²) in [5.74, 6) is -1.28. The Hall–Kier alpha value is -3.21. The number of aryl methyl sites for hydroxylation is 1. The van der Waals surface area contributed by atoms with Gasteiger partial charge in [-0.2, -0.15) is 0 Å². The lowest BCUT2D eigenvalue weighted by molar-refractivity contribution is -0.135. The molecule has 2 N–H and O–H groups in total. The van der Waals surface area contributed by atoms with Gasteiger partial charge in [-0.1, -0.05) is 30.3 Å². The number of hydrogen-bond donors (Lipinski definition) is 2. The summed E-state index contributed by atoms with van der Waals surface area (Å²) in [6, 6.07) is 16.4. The summed E-state index contributed by atoms with van der Waals surface area (Å²) in [4.78, 5) is 15.6. The van der Waals surface area contributed by atoms with Crippen LogP contribution >= 0.6 is 0 Å². The first kappa shape index (κ1) is 18.6. The molecule has 1 aromatic heterocycles. The molecular formula is C22H21FN2O2. The van der Waals surface area contributed by atoms with Crippen LogP contribution < -0.4 is 5.32 Å². The third kappa shape index (κ3) is 4.50. The topological polar surface area (TPSA) is 62.2 Å². The zero-order chi connectivity index (χ0) is 19.4. The molecule has 3 aromatic rings. The van der Waals surface area contributed by atoms with Crippen molar-refractivity contribution in [2.75, 3.05) is 6.54 Å². The molecular weight excluding hydrogens is 343 g/mol. The fourth-order valence-electron chi connectivity index (χ4n) is 3.05. The van der Waals surface area contributed by atoms with Gasteiger partial charge >= 0.3 is 5.97 Å². The lowest BCUT2D eigenvalue weighted by Crippen LogP contribution is -2.22. The van der Waals surface area contributed by atoms with E-state index in [4.69, 9.17) is 10.1 Å². The maximum Gasteiger partial charge on any atom is 0.322 e. The summed E-state index contributed by atoms with van der Waals surface area (Å²) in [7, 11) is 0. The fourth-order valence-corrected chi connectivity index (χ4v) is 3.05. The molecule has 5 heteroatoms. The van der Waals surface area contributed by atoms with Crippen LogP contribution in [0.2, 0.25) is 0 Å². The van der Waals surface area contributed by atoms with Crippen molar-refractivity contribution in [3.05, 3.63) is 82.9 Å². The Morgan fingerprint density at radius 3 is 2.70 bits per heavy atom. The number of aliphatic carboxylic acids is 1. The molecule has 1 heterocycles. The van der Waals surface area contributed by atoms with Crippen LogP contribution in [-0.2, 0) is 11.2 Å². The van der Waals surface area contributed by atoms with Crippen LogP contribution in [0.15, 0.2) is 60.3 Å². The molecule has 138 valence electrons. The molecule has 0 unspecified atom stereocenters. The Balaban J connectivity index is 2.04. The predicted molar refractivity (Wildman–Crippen MR) is 105 cm³/mol. The minimum Gasteiger partial charge on any atom is -0.480 e. The quantitative estimate of drug-likeness (QED) is 0.683. The highest BCUT2D eigenvalue weighted by Crippen LogP contribution is 2.26. The van der Waals surface area contributed by atoms with Gasteiger partial charge in [0, 0.05) is 23.2 Å². The summed E-state index contributed by atoms with van der Waals surface area (Å²) >= 11 is 0. The molecule has 3 rings (SSSR count). The van der Waals surface area contributed by atoms with Crippen LogP contribution in [0.3, 0.4) is 0 Å². The van der Waals surface area contributed by atoms with Gasteiger partial charge in [0.2, 0.25) is 0 Å². The second-order valence-electron chi connectivity index (χ2n) is 6.48. The minimum absolute atomic E-state index is 0.200. The molecule has 2 aromatic carbocycles. The molecule has 0 spiro atoms. The van der Waals surface area contributed by atoms with Crippen molar-refractivity contribution >= 4 is 22.4 Å². The molecule has 0 fully saturated rings. The minimum atomic E-state index is -0.950. The molecule has 0 atom stereocenters. The zero-order valence-electron chi connectivity index (χ0n) is 15.3. The third-order valence-electron chi connectivity index (χ3n) is 4.50. The summed E-state index contributed by atoms with van der Waals surface area (Å²) in [5.41, 5.74) is 4.92. The number of halogens is 1. The lowest BCUT2D eigenvalue weighted by Gasteiger charge is -2.16. The Bertz CT molecular complexity index is 1030. The first-order valence-electron chi connectivity index (χ1n) is 8.70. The van der Waals surface area contributed by atoms with E-state index in [1.807, 2.05) is 50.2 Å². The lowest BCUT2D eigenvalue weighted by atomic mass is 9.94. The number of nitrogens with zero attached hydrogens (tertiary/aromatic N) is 1. The molecule has 27 heavy (non-hydrogen) atoms. The molecule has 0 radical (unpaired) electrons. The summed E-state index contributed by atoms with van der Waals surface area (Å²) < 4.78 is 13.9. The first-order valence-corrected chi connectivity index (χ1v) is 8.70. The van der Waals surface area contributed by atoms with Gasteiger partial charge < -0.3 is 10.4 Å². The van der Waals surface area contributed by atoms with Gasteiger partial charge in [-0.15, -0.1) is 0 Å². The van der Waals surface area contributed by atoms with Crippen LogP contribution in [0.1, 0.15) is 23.7 Å². The summed E-state index contributed by atoms with van der Waals surface area (Å²) in [6.45, 7) is 3.52. The van der Waals surface area contributed by atoms with Crippen molar-refractivity contribution in [3.8, 4) is 0 Å². The Labute approximate surface area is 157 Å². The van der Waals surface area contributed by atoms with Gasteiger partial charge in [0.15, 0.2) is 0 Å². The third-order valence-corrected chi connectivity index (χ3v) is 4.50. The molecule has 0 aliphatic rings. The molecule has 0 saturated heterocycles. The highest BCUT2D eigenvalue weighted by molar-refractivity contribution is 5.79. The van der Waals surface area contributed by atoms with Crippen LogP contribution in [0.4, 0.5) is 4.39 Å². The van der Waals surface area contributed by atoms with Crippen molar-refractivity contribution in [2.45, 2.75) is 20.3 Å². The van der Waals surface area contributed by atoms with E-state index >= 15 is 0 Å². The molecule has 0 aliphatic heterocycles. The number of hydrogen-bond acceptors (Lipinski definition) is 3. The van der Waals surface area contributed by atoms with Crippen LogP contribution in [0, 0.1) is 12.7 Å². The largest absolute Gasteiger partial charge is 0.480 e. The van der Waals surface area contributed by atoms with Crippen molar-refractivity contribution < 1.29 is 14.3 Å². The van der Waals surface area contributed by atoms with E-state index in [0.29, 0.717) is 12.1 Å². The fraction of sp³-hybridized carbons (Fsp3) is 0.182. The Morgan fingerprint density at radius 1 is 1.15 bits per heavy atom. The van der Waals surface area contributed by atoms with E-state index in [0.717, 1.165) is 33.3 Å². The van der Waals surface area contributed by atoms with Crippen molar-refractivity contribution in [1.82, 2.24) is 10.3 Å². The van der Waals surface area contributed by atoms with Crippen LogP contribution in [-0.4, -0.2) is 22.6 Å². The Morgan fingerprint density at radius 2 is 1.93 bits per heavy atom. The van der Waals surface area contributed by atoms with E-state index in [1.165, 1.54) is 12.1 Å². The van der Waals surface area contributed by atoms with E-state index < -0.39 is 5.97 Å². The highest BCUT2D eigenvalue weighted by atomic mass is 19.1. The molecule has 0 aliphatic carbocycles. The van der Waals surface area contributed by atoms with Gasteiger partial charge in [-0.25, -0.2) is 4.39 Å². The van der Waals surface area contributed by atoms with Crippen molar-refractivity contribution in [3.63, 3.8) is 0 Å². The molecule has 0 amide bonds. The van der Waals surface area contributed by atoms with E-state index in [2.05, 4.69) is 5.32 Å². The number of allylic oxidation sites excluding steroid dienone is 2. The van der Waals surface area contributed by atoms with E-state index in [9.17, 15) is 9.18 Å². The maximum atomic E-state index is 13.9. The van der Waals surface area contributed by atoms with Gasteiger partial charge in [0.05, 0.1) is 5.52 Å². The first-order chi connectivity index (χ1) is 12.9. The molecule has 4 nitrogen and oxygen atoms in total. The average molecular weight is 364 g/mol. The number of aromatic nitrogens is 1. The monoisotopic (exact) mass is 364 g/mol.